The fourth-order valence-corrected chi connectivity index (χ4v) is 2.89. The molecule has 0 spiro atoms. The molecule has 21 heavy (non-hydrogen) atoms. The number of nitrogens with one attached hydrogen (secondary N) is 2. The summed E-state index contributed by atoms with van der Waals surface area (Å²) in [4.78, 5) is 19.6. The van der Waals surface area contributed by atoms with Crippen LogP contribution in [0.4, 0.5) is 0 Å². The molecule has 0 saturated carbocycles. The zero-order chi connectivity index (χ0) is 15.4. The molecule has 4 nitrogen and oxygen atoms in total. The fourth-order valence-electron chi connectivity index (χ4n) is 1.96. The van der Waals surface area contributed by atoms with Crippen LogP contribution in [-0.2, 0) is 6.54 Å². The van der Waals surface area contributed by atoms with Crippen LogP contribution >= 0.6 is 11.8 Å². The van der Waals surface area contributed by atoms with Gasteiger partial charge in [0.05, 0.1) is 0 Å². The van der Waals surface area contributed by atoms with Crippen molar-refractivity contribution in [1.82, 2.24) is 15.3 Å². The van der Waals surface area contributed by atoms with Crippen LogP contribution in [0.3, 0.4) is 0 Å². The second-order valence-corrected chi connectivity index (χ2v) is 6.48. The second kappa shape index (κ2) is 6.91. The Morgan fingerprint density at radius 1 is 1.29 bits per heavy atom. The second-order valence-electron chi connectivity index (χ2n) is 5.42. The van der Waals surface area contributed by atoms with Crippen molar-refractivity contribution in [3.63, 3.8) is 0 Å². The molecule has 5 heteroatoms. The lowest BCUT2D eigenvalue weighted by molar-refractivity contribution is 0.587. The first-order chi connectivity index (χ1) is 9.94. The molecule has 0 atom stereocenters. The number of benzene rings is 1. The molecule has 112 valence electrons. The van der Waals surface area contributed by atoms with Crippen molar-refractivity contribution in [2.24, 2.45) is 0 Å². The Labute approximate surface area is 129 Å². The Hall–Kier alpha value is -1.59. The van der Waals surface area contributed by atoms with Gasteiger partial charge in [-0.1, -0.05) is 31.7 Å². The van der Waals surface area contributed by atoms with Crippen molar-refractivity contribution in [1.29, 1.82) is 0 Å². The highest BCUT2D eigenvalue weighted by molar-refractivity contribution is 7.99. The normalized spacial score (nSPS) is 11.1. The molecular formula is C16H21N3OS. The minimum absolute atomic E-state index is 0.112. The predicted molar refractivity (Wildman–Crippen MR) is 86.9 cm³/mol. The zero-order valence-corrected chi connectivity index (χ0v) is 13.7. The lowest BCUT2D eigenvalue weighted by Crippen LogP contribution is -2.22. The Morgan fingerprint density at radius 2 is 2.05 bits per heavy atom. The third-order valence-electron chi connectivity index (χ3n) is 3.08. The number of nitrogens with zero attached hydrogens (tertiary/aromatic N) is 1. The van der Waals surface area contributed by atoms with Crippen molar-refractivity contribution in [3.8, 4) is 0 Å². The average Bonchev–Trinajstić information content (AvgIpc) is 2.36. The van der Waals surface area contributed by atoms with Gasteiger partial charge < -0.3 is 10.3 Å². The number of aryl methyl sites for hydroxylation is 2. The summed E-state index contributed by atoms with van der Waals surface area (Å²) in [6, 6.07) is 8.29. The van der Waals surface area contributed by atoms with Crippen LogP contribution in [0.5, 0.6) is 0 Å². The summed E-state index contributed by atoms with van der Waals surface area (Å²) in [5.41, 5.74) is 3.15. The Morgan fingerprint density at radius 3 is 2.67 bits per heavy atom. The molecule has 1 heterocycles. The van der Waals surface area contributed by atoms with Gasteiger partial charge >= 0.3 is 0 Å². The summed E-state index contributed by atoms with van der Waals surface area (Å²) in [6.07, 6.45) is 0. The number of aromatic nitrogens is 2. The average molecular weight is 303 g/mol. The van der Waals surface area contributed by atoms with Gasteiger partial charge in [0.1, 0.15) is 0 Å². The maximum atomic E-state index is 11.5. The number of rotatable bonds is 5. The molecule has 2 aromatic rings. The van der Waals surface area contributed by atoms with Crippen LogP contribution < -0.4 is 10.9 Å². The molecule has 0 bridgehead atoms. The fraction of sp³-hybridized carbons (Fsp3) is 0.375. The van der Waals surface area contributed by atoms with Crippen LogP contribution in [0.1, 0.15) is 30.7 Å². The molecular weight excluding hydrogens is 282 g/mol. The van der Waals surface area contributed by atoms with Gasteiger partial charge in [-0.05, 0) is 37.1 Å². The van der Waals surface area contributed by atoms with Crippen molar-refractivity contribution < 1.29 is 0 Å². The Bertz CT molecular complexity index is 679. The molecule has 1 aromatic heterocycles. The molecule has 0 radical (unpaired) electrons. The first-order valence-electron chi connectivity index (χ1n) is 7.03. The maximum absolute atomic E-state index is 11.5. The van der Waals surface area contributed by atoms with E-state index in [9.17, 15) is 4.79 Å². The number of hydrogen-bond donors (Lipinski definition) is 2. The largest absolute Gasteiger partial charge is 0.310 e. The van der Waals surface area contributed by atoms with E-state index in [2.05, 4.69) is 54.3 Å². The van der Waals surface area contributed by atoms with Crippen LogP contribution in [0.25, 0.3) is 0 Å². The van der Waals surface area contributed by atoms with Crippen molar-refractivity contribution in [2.45, 2.75) is 50.3 Å². The van der Waals surface area contributed by atoms with E-state index in [4.69, 9.17) is 0 Å². The van der Waals surface area contributed by atoms with E-state index >= 15 is 0 Å². The SMILES string of the molecule is Cc1cc(=O)[nH]c(Sc2ccc(CNC(C)C)c(C)c2)n1. The summed E-state index contributed by atoms with van der Waals surface area (Å²) < 4.78 is 0. The van der Waals surface area contributed by atoms with Crippen molar-refractivity contribution in [2.75, 3.05) is 0 Å². The predicted octanol–water partition coefficient (Wildman–Crippen LogP) is 3.04. The highest BCUT2D eigenvalue weighted by atomic mass is 32.2. The van der Waals surface area contributed by atoms with E-state index in [0.717, 1.165) is 17.1 Å². The smallest absolute Gasteiger partial charge is 0.251 e. The first-order valence-corrected chi connectivity index (χ1v) is 7.84. The molecule has 0 saturated heterocycles. The number of H-pyrrole nitrogens is 1. The number of hydrogen-bond acceptors (Lipinski definition) is 4. The highest BCUT2D eigenvalue weighted by Gasteiger charge is 2.05. The quantitative estimate of drug-likeness (QED) is 0.834. The van der Waals surface area contributed by atoms with Crippen molar-refractivity contribution >= 4 is 11.8 Å². The molecule has 1 aromatic carbocycles. The van der Waals surface area contributed by atoms with Gasteiger partial charge in [-0.2, -0.15) is 0 Å². The van der Waals surface area contributed by atoms with E-state index in [1.807, 2.05) is 6.92 Å². The summed E-state index contributed by atoms with van der Waals surface area (Å²) in [6.45, 7) is 9.08. The maximum Gasteiger partial charge on any atom is 0.251 e. The van der Waals surface area contributed by atoms with Gasteiger partial charge in [-0.15, -0.1) is 0 Å². The van der Waals surface area contributed by atoms with Crippen LogP contribution in [0, 0.1) is 13.8 Å². The van der Waals surface area contributed by atoms with Crippen LogP contribution in [0.2, 0.25) is 0 Å². The third-order valence-corrected chi connectivity index (χ3v) is 3.95. The lowest BCUT2D eigenvalue weighted by Gasteiger charge is -2.11. The summed E-state index contributed by atoms with van der Waals surface area (Å²) >= 11 is 1.48. The van der Waals surface area contributed by atoms with Crippen LogP contribution in [0.15, 0.2) is 39.1 Å². The number of aromatic amines is 1. The monoisotopic (exact) mass is 303 g/mol. The molecule has 2 N–H and O–H groups in total. The summed E-state index contributed by atoms with van der Waals surface area (Å²) in [5, 5.41) is 4.05. The van der Waals surface area contributed by atoms with E-state index in [-0.39, 0.29) is 5.56 Å². The Balaban J connectivity index is 2.14. The molecule has 0 aliphatic carbocycles. The van der Waals surface area contributed by atoms with Crippen molar-refractivity contribution in [3.05, 3.63) is 51.4 Å². The highest BCUT2D eigenvalue weighted by Crippen LogP contribution is 2.26. The van der Waals surface area contributed by atoms with E-state index in [1.54, 1.807) is 0 Å². The molecule has 0 amide bonds. The first kappa shape index (κ1) is 15.8. The third kappa shape index (κ3) is 4.72. The van der Waals surface area contributed by atoms with Gasteiger partial charge in [-0.3, -0.25) is 4.79 Å². The van der Waals surface area contributed by atoms with Gasteiger partial charge in [0, 0.05) is 29.2 Å². The molecule has 0 aliphatic rings. The Kier molecular flexibility index (Phi) is 5.20. The molecule has 0 fully saturated rings. The minimum Gasteiger partial charge on any atom is -0.310 e. The molecule has 0 unspecified atom stereocenters. The van der Waals surface area contributed by atoms with Gasteiger partial charge in [0.25, 0.3) is 5.56 Å². The summed E-state index contributed by atoms with van der Waals surface area (Å²) in [5.74, 6) is 0. The molecule has 0 aliphatic heterocycles. The zero-order valence-electron chi connectivity index (χ0n) is 12.9. The van der Waals surface area contributed by atoms with Gasteiger partial charge in [0.15, 0.2) is 5.16 Å². The standard InChI is InChI=1S/C16H21N3OS/c1-10(2)17-9-13-5-6-14(7-11(13)3)21-16-18-12(4)8-15(20)19-16/h5-8,10,17H,9H2,1-4H3,(H,18,19,20). The minimum atomic E-state index is -0.112. The molecule has 2 rings (SSSR count). The van der Waals surface area contributed by atoms with E-state index in [1.165, 1.54) is 29.0 Å². The van der Waals surface area contributed by atoms with Crippen LogP contribution in [-0.4, -0.2) is 16.0 Å². The lowest BCUT2D eigenvalue weighted by atomic mass is 10.1. The van der Waals surface area contributed by atoms with Gasteiger partial charge in [-0.25, -0.2) is 4.98 Å². The summed E-state index contributed by atoms with van der Waals surface area (Å²) in [7, 11) is 0. The van der Waals surface area contributed by atoms with E-state index in [0.29, 0.717) is 11.2 Å². The van der Waals surface area contributed by atoms with Gasteiger partial charge in [0.2, 0.25) is 0 Å². The van der Waals surface area contributed by atoms with E-state index < -0.39 is 0 Å². The topological polar surface area (TPSA) is 57.8 Å².